The molecule has 241 valence electrons. The van der Waals surface area contributed by atoms with Crippen molar-refractivity contribution in [3.63, 3.8) is 0 Å². The van der Waals surface area contributed by atoms with E-state index < -0.39 is 13.3 Å². The van der Waals surface area contributed by atoms with Crippen LogP contribution < -0.4 is 4.40 Å². The minimum atomic E-state index is -1.90. The van der Waals surface area contributed by atoms with E-state index in [-0.39, 0.29) is 20.1 Å². The molecule has 3 aromatic carbocycles. The fraction of sp³-hybridized carbons (Fsp3) is 0.317. The van der Waals surface area contributed by atoms with Crippen LogP contribution in [0.5, 0.6) is 0 Å². The van der Waals surface area contributed by atoms with E-state index in [1.165, 1.54) is 21.1 Å². The molecule has 46 heavy (non-hydrogen) atoms. The molecule has 0 spiro atoms. The summed E-state index contributed by atoms with van der Waals surface area (Å²) in [5.41, 5.74) is 10.1. The Morgan fingerprint density at radius 3 is 2.17 bits per heavy atom. The molecule has 5 heteroatoms. The molecule has 0 aliphatic rings. The first-order valence-corrected chi connectivity index (χ1v) is 23.4. The van der Waals surface area contributed by atoms with Crippen molar-refractivity contribution >= 4 is 39.6 Å². The Balaban J connectivity index is 0.000000207. The van der Waals surface area contributed by atoms with Crippen LogP contribution in [0.3, 0.4) is 0 Å². The van der Waals surface area contributed by atoms with Crippen molar-refractivity contribution in [2.75, 3.05) is 0 Å². The molecule has 0 aliphatic heterocycles. The van der Waals surface area contributed by atoms with Gasteiger partial charge in [-0.2, -0.15) is 0 Å². The molecule has 3 heterocycles. The Morgan fingerprint density at radius 2 is 1.50 bits per heavy atom. The predicted molar refractivity (Wildman–Crippen MR) is 194 cm³/mol. The van der Waals surface area contributed by atoms with Crippen molar-refractivity contribution in [3.8, 4) is 22.5 Å². The summed E-state index contributed by atoms with van der Waals surface area (Å²) in [6.07, 6.45) is 6.25. The summed E-state index contributed by atoms with van der Waals surface area (Å²) in [6, 6.07) is 31.4. The molecule has 0 bridgehead atoms. The van der Waals surface area contributed by atoms with Gasteiger partial charge in [0.05, 0.1) is 5.58 Å². The van der Waals surface area contributed by atoms with Crippen molar-refractivity contribution in [1.82, 2.24) is 9.97 Å². The van der Waals surface area contributed by atoms with Gasteiger partial charge in [-0.3, -0.25) is 0 Å². The molecule has 0 fully saturated rings. The largest absolute Gasteiger partial charge is 0.501 e. The number of pyridine rings is 2. The smallest absolute Gasteiger partial charge is 0.120 e. The van der Waals surface area contributed by atoms with Gasteiger partial charge in [0.25, 0.3) is 0 Å². The predicted octanol–water partition coefficient (Wildman–Crippen LogP) is 10.6. The standard InChI is InChI=1S/C22H20NO.C19H26GeN.Ir/c1-14(2)11-16-12-20(23-13-15(16)3)19-9-6-8-18-17-7-4-5-10-21(17)24-22(18)19;1-19(2,3)13-16-12-18(15-10-8-7-9-11-15)21-14-17(16)20(4,5)6;/h4-8,10,12-14H,11H2,1-3H3;7-10,12,14H,13H2,1-6H3;/q2*-1;. The Labute approximate surface area is 292 Å². The third kappa shape index (κ3) is 8.65. The summed E-state index contributed by atoms with van der Waals surface area (Å²) in [6.45, 7) is 13.5. The number of nitrogens with zero attached hydrogens (tertiary/aromatic N) is 2. The first-order chi connectivity index (χ1) is 21.3. The molecule has 0 aliphatic carbocycles. The molecule has 0 amide bonds. The summed E-state index contributed by atoms with van der Waals surface area (Å²) >= 11 is -1.90. The average Bonchev–Trinajstić information content (AvgIpc) is 3.36. The monoisotopic (exact) mass is 849 g/mol. The number of furan rings is 1. The van der Waals surface area contributed by atoms with Crippen LogP contribution in [0.1, 0.15) is 51.3 Å². The third-order valence-corrected chi connectivity index (χ3v) is 12.3. The summed E-state index contributed by atoms with van der Waals surface area (Å²) in [7, 11) is 0. The van der Waals surface area contributed by atoms with Crippen LogP contribution in [0.25, 0.3) is 44.5 Å². The second kappa shape index (κ2) is 14.8. The number of aromatic nitrogens is 2. The molecule has 3 aromatic heterocycles. The number of aryl methyl sites for hydroxylation is 1. The van der Waals surface area contributed by atoms with Gasteiger partial charge in [0.1, 0.15) is 5.58 Å². The van der Waals surface area contributed by atoms with Crippen LogP contribution in [0.2, 0.25) is 17.3 Å². The van der Waals surface area contributed by atoms with Crippen LogP contribution in [-0.2, 0) is 32.9 Å². The molecular formula is C41H46GeIrN2O-2. The van der Waals surface area contributed by atoms with Crippen LogP contribution in [-0.4, -0.2) is 23.2 Å². The minimum absolute atomic E-state index is 0. The molecule has 3 nitrogen and oxygen atoms in total. The second-order valence-electron chi connectivity index (χ2n) is 14.8. The topological polar surface area (TPSA) is 38.9 Å². The van der Waals surface area contributed by atoms with Crippen molar-refractivity contribution in [1.29, 1.82) is 0 Å². The van der Waals surface area contributed by atoms with Crippen LogP contribution in [0, 0.1) is 30.4 Å². The number of rotatable bonds is 6. The second-order valence-corrected chi connectivity index (χ2v) is 25.3. The van der Waals surface area contributed by atoms with Gasteiger partial charge < -0.3 is 9.40 Å². The number of hydrogen-bond acceptors (Lipinski definition) is 3. The maximum atomic E-state index is 6.12. The minimum Gasteiger partial charge on any atom is -0.501 e. The summed E-state index contributed by atoms with van der Waals surface area (Å²) in [5, 5.41) is 2.25. The van der Waals surface area contributed by atoms with Gasteiger partial charge >= 0.3 is 132 Å². The molecule has 6 rings (SSSR count). The molecule has 6 aromatic rings. The Hall–Kier alpha value is -3.05. The maximum absolute atomic E-state index is 6.12. The maximum Gasteiger partial charge on any atom is 0.120 e. The average molecular weight is 848 g/mol. The van der Waals surface area contributed by atoms with Gasteiger partial charge in [-0.15, -0.1) is 18.2 Å². The van der Waals surface area contributed by atoms with Gasteiger partial charge in [0, 0.05) is 31.7 Å². The van der Waals surface area contributed by atoms with Crippen LogP contribution in [0.15, 0.2) is 89.6 Å². The molecule has 0 N–H and O–H groups in total. The van der Waals surface area contributed by atoms with Gasteiger partial charge in [-0.25, -0.2) is 0 Å². The van der Waals surface area contributed by atoms with Gasteiger partial charge in [-0.1, -0.05) is 54.6 Å². The fourth-order valence-electron chi connectivity index (χ4n) is 5.83. The van der Waals surface area contributed by atoms with E-state index in [2.05, 4.69) is 112 Å². The Morgan fingerprint density at radius 1 is 0.804 bits per heavy atom. The summed E-state index contributed by atoms with van der Waals surface area (Å²) in [4.78, 5) is 9.37. The van der Waals surface area contributed by atoms with E-state index in [0.29, 0.717) is 11.3 Å². The van der Waals surface area contributed by atoms with Crippen molar-refractivity contribution in [2.45, 2.75) is 71.7 Å². The normalized spacial score (nSPS) is 11.8. The number of benzene rings is 3. The molecule has 0 saturated carbocycles. The first-order valence-electron chi connectivity index (χ1n) is 16.0. The Bertz CT molecular complexity index is 1910. The molecule has 0 unspecified atom stereocenters. The van der Waals surface area contributed by atoms with E-state index in [1.807, 2.05) is 48.7 Å². The van der Waals surface area contributed by atoms with Crippen molar-refractivity contribution in [3.05, 3.63) is 114 Å². The molecular weight excluding hydrogens is 801 g/mol. The summed E-state index contributed by atoms with van der Waals surface area (Å²) in [5.74, 6) is 7.94. The zero-order valence-corrected chi connectivity index (χ0v) is 33.2. The van der Waals surface area contributed by atoms with Crippen molar-refractivity contribution in [2.24, 2.45) is 11.3 Å². The number of hydrogen-bond donors (Lipinski definition) is 0. The van der Waals surface area contributed by atoms with Gasteiger partial charge in [-0.05, 0) is 36.6 Å². The quantitative estimate of drug-likeness (QED) is 0.124. The van der Waals surface area contributed by atoms with Gasteiger partial charge in [0.2, 0.25) is 0 Å². The SMILES string of the molecule is CC(C)(C)Cc1cc(-c2[c-]cccc2)nc[c]1[Ge]([CH3])([CH3])[CH3].Cc1cnc(-c2[c-]ccc3c2oc2ccccc23)cc1CC(C)C.[Ir]. The van der Waals surface area contributed by atoms with E-state index in [9.17, 15) is 0 Å². The third-order valence-electron chi connectivity index (χ3n) is 7.94. The van der Waals surface area contributed by atoms with E-state index in [0.717, 1.165) is 57.3 Å². The van der Waals surface area contributed by atoms with Crippen molar-refractivity contribution < 1.29 is 24.5 Å². The molecule has 1 radical (unpaired) electrons. The number of fused-ring (bicyclic) bond motifs is 3. The fourth-order valence-corrected chi connectivity index (χ4v) is 9.14. The molecule has 0 saturated heterocycles. The molecule has 0 atom stereocenters. The Kier molecular flexibility index (Phi) is 11.5. The van der Waals surface area contributed by atoms with E-state index in [1.54, 1.807) is 0 Å². The first kappa shape index (κ1) is 35.8. The van der Waals surface area contributed by atoms with E-state index >= 15 is 0 Å². The zero-order valence-electron chi connectivity index (χ0n) is 28.7. The van der Waals surface area contributed by atoms with Gasteiger partial charge in [0.15, 0.2) is 0 Å². The summed E-state index contributed by atoms with van der Waals surface area (Å²) < 4.78 is 7.65. The number of para-hydroxylation sites is 1. The zero-order chi connectivity index (χ0) is 32.4. The van der Waals surface area contributed by atoms with Crippen LogP contribution >= 0.6 is 0 Å². The van der Waals surface area contributed by atoms with Crippen LogP contribution in [0.4, 0.5) is 0 Å². The van der Waals surface area contributed by atoms with E-state index in [4.69, 9.17) is 9.40 Å².